The van der Waals surface area contributed by atoms with Crippen LogP contribution in [0, 0.1) is 0 Å². The Morgan fingerprint density at radius 1 is 1.50 bits per heavy atom. The molecule has 1 heterocycles. The quantitative estimate of drug-likeness (QED) is 0.579. The molecule has 0 aromatic rings. The van der Waals surface area contributed by atoms with E-state index in [1.54, 1.807) is 0 Å². The van der Waals surface area contributed by atoms with Gasteiger partial charge < -0.3 is 0 Å². The van der Waals surface area contributed by atoms with Gasteiger partial charge in [-0.25, -0.2) is 0 Å². The summed E-state index contributed by atoms with van der Waals surface area (Å²) < 4.78 is 0. The van der Waals surface area contributed by atoms with Crippen LogP contribution in [-0.2, 0) is 0 Å². The van der Waals surface area contributed by atoms with Crippen molar-refractivity contribution in [3.8, 4) is 0 Å². The first kappa shape index (κ1) is 7.16. The van der Waals surface area contributed by atoms with Crippen LogP contribution >= 0.6 is 33.3 Å². The molecule has 0 radical (unpaired) electrons. The summed E-state index contributed by atoms with van der Waals surface area (Å²) in [5, 5.41) is 0.954. The summed E-state index contributed by atoms with van der Waals surface area (Å²) in [6.07, 6.45) is 0. The minimum Gasteiger partial charge on any atom is -0.157 e. The highest BCUT2D eigenvalue weighted by Crippen LogP contribution is 2.36. The summed E-state index contributed by atoms with van der Waals surface area (Å²) in [5.41, 5.74) is 0. The Labute approximate surface area is 63.0 Å². The minimum absolute atomic E-state index is 0.954. The Morgan fingerprint density at radius 3 is 2.62 bits per heavy atom. The van der Waals surface area contributed by atoms with Crippen LogP contribution < -0.4 is 0 Å². The Bertz CT molecular complexity index is 58.7. The smallest absolute Gasteiger partial charge is 0.0245 e. The van der Waals surface area contributed by atoms with Crippen LogP contribution in [0.4, 0.5) is 0 Å². The molecule has 0 aromatic carbocycles. The molecule has 48 valence electrons. The van der Waals surface area contributed by atoms with Gasteiger partial charge in [0.05, 0.1) is 0 Å². The van der Waals surface area contributed by atoms with E-state index in [4.69, 9.17) is 0 Å². The van der Waals surface area contributed by atoms with Crippen molar-refractivity contribution < 1.29 is 0 Å². The van der Waals surface area contributed by atoms with Crippen LogP contribution in [0.1, 0.15) is 6.92 Å². The van der Waals surface area contributed by atoms with Gasteiger partial charge >= 0.3 is 0 Å². The van der Waals surface area contributed by atoms with Crippen molar-refractivity contribution >= 4 is 33.3 Å². The van der Waals surface area contributed by atoms with Crippen molar-refractivity contribution in [2.75, 3.05) is 17.3 Å². The van der Waals surface area contributed by atoms with Crippen LogP contribution in [0.5, 0.6) is 0 Å². The molecule has 0 aliphatic carbocycles. The third-order valence-corrected chi connectivity index (χ3v) is 5.11. The Balaban J connectivity index is 2.06. The first-order valence-electron chi connectivity index (χ1n) is 2.79. The van der Waals surface area contributed by atoms with E-state index in [9.17, 15) is 0 Å². The molecule has 0 nitrogen and oxygen atoms in total. The number of thioether (sulfide) groups is 1. The van der Waals surface area contributed by atoms with Gasteiger partial charge in [0, 0.05) is 16.8 Å². The van der Waals surface area contributed by atoms with Crippen LogP contribution in [0.2, 0.25) is 0 Å². The number of hydrogen-bond acceptors (Lipinski definition) is 3. The monoisotopic (exact) mass is 166 g/mol. The number of rotatable bonds is 2. The molecule has 0 aromatic heterocycles. The van der Waals surface area contributed by atoms with Crippen molar-refractivity contribution in [1.82, 2.24) is 0 Å². The zero-order chi connectivity index (χ0) is 5.82. The predicted molar refractivity (Wildman–Crippen MR) is 46.8 cm³/mol. The molecular formula is C5H10S3. The largest absolute Gasteiger partial charge is 0.157 e. The normalized spacial score (nSPS) is 22.1. The Morgan fingerprint density at radius 2 is 2.12 bits per heavy atom. The van der Waals surface area contributed by atoms with Gasteiger partial charge in [0.1, 0.15) is 0 Å². The SMILES string of the molecule is CCSC1CSSC1. The first-order chi connectivity index (χ1) is 3.93. The minimum atomic E-state index is 0.954. The lowest BCUT2D eigenvalue weighted by atomic mass is 10.6. The molecule has 1 aliphatic rings. The summed E-state index contributed by atoms with van der Waals surface area (Å²) in [6, 6.07) is 0. The highest BCUT2D eigenvalue weighted by atomic mass is 33.1. The van der Waals surface area contributed by atoms with Gasteiger partial charge in [-0.1, -0.05) is 28.5 Å². The average Bonchev–Trinajstić information content (AvgIpc) is 2.19. The Kier molecular flexibility index (Phi) is 3.55. The fourth-order valence-corrected chi connectivity index (χ4v) is 5.24. The summed E-state index contributed by atoms with van der Waals surface area (Å²) in [7, 11) is 4.04. The zero-order valence-corrected chi connectivity index (χ0v) is 7.37. The van der Waals surface area contributed by atoms with Gasteiger partial charge in [-0.05, 0) is 5.75 Å². The van der Waals surface area contributed by atoms with Crippen LogP contribution in [0.25, 0.3) is 0 Å². The molecule has 1 aliphatic heterocycles. The maximum Gasteiger partial charge on any atom is 0.0245 e. The van der Waals surface area contributed by atoms with E-state index in [0.717, 1.165) is 5.25 Å². The summed E-state index contributed by atoms with van der Waals surface area (Å²) in [6.45, 7) is 2.23. The van der Waals surface area contributed by atoms with Gasteiger partial charge in [-0.15, -0.1) is 0 Å². The van der Waals surface area contributed by atoms with Gasteiger partial charge in [0.25, 0.3) is 0 Å². The highest BCUT2D eigenvalue weighted by molar-refractivity contribution is 8.77. The summed E-state index contributed by atoms with van der Waals surface area (Å²) in [5.74, 6) is 4.01. The van der Waals surface area contributed by atoms with E-state index in [0.29, 0.717) is 0 Å². The molecule has 1 rings (SSSR count). The second kappa shape index (κ2) is 3.96. The fraction of sp³-hybridized carbons (Fsp3) is 1.00. The molecule has 1 saturated heterocycles. The number of hydrogen-bond donors (Lipinski definition) is 0. The lowest BCUT2D eigenvalue weighted by Crippen LogP contribution is -2.02. The van der Waals surface area contributed by atoms with Crippen LogP contribution in [-0.4, -0.2) is 22.5 Å². The molecular weight excluding hydrogens is 156 g/mol. The Hall–Kier alpha value is 1.05. The van der Waals surface area contributed by atoms with Crippen molar-refractivity contribution in [3.63, 3.8) is 0 Å². The summed E-state index contributed by atoms with van der Waals surface area (Å²) >= 11 is 2.10. The molecule has 0 unspecified atom stereocenters. The average molecular weight is 166 g/mol. The van der Waals surface area contributed by atoms with Gasteiger partial charge in [0.2, 0.25) is 0 Å². The van der Waals surface area contributed by atoms with Gasteiger partial charge in [0.15, 0.2) is 0 Å². The molecule has 3 heteroatoms. The van der Waals surface area contributed by atoms with Crippen LogP contribution in [0.15, 0.2) is 0 Å². The van der Waals surface area contributed by atoms with Gasteiger partial charge in [-0.3, -0.25) is 0 Å². The van der Waals surface area contributed by atoms with E-state index < -0.39 is 0 Å². The maximum atomic E-state index is 2.23. The molecule has 8 heavy (non-hydrogen) atoms. The first-order valence-corrected chi connectivity index (χ1v) is 6.33. The fourth-order valence-electron chi connectivity index (χ4n) is 0.628. The standard InChI is InChI=1S/C5H10S3/c1-2-6-5-3-7-8-4-5/h5H,2-4H2,1H3. The molecule has 0 N–H and O–H groups in total. The van der Waals surface area contributed by atoms with E-state index >= 15 is 0 Å². The van der Waals surface area contributed by atoms with E-state index in [2.05, 4.69) is 18.7 Å². The van der Waals surface area contributed by atoms with Gasteiger partial charge in [-0.2, -0.15) is 11.8 Å². The molecule has 1 fully saturated rings. The summed E-state index contributed by atoms with van der Waals surface area (Å²) in [4.78, 5) is 0. The second-order valence-corrected chi connectivity index (χ2v) is 5.78. The van der Waals surface area contributed by atoms with Crippen molar-refractivity contribution in [1.29, 1.82) is 0 Å². The topological polar surface area (TPSA) is 0 Å². The van der Waals surface area contributed by atoms with Crippen molar-refractivity contribution in [2.45, 2.75) is 12.2 Å². The molecule has 0 spiro atoms. The predicted octanol–water partition coefficient (Wildman–Crippen LogP) is 2.50. The van der Waals surface area contributed by atoms with Crippen LogP contribution in [0.3, 0.4) is 0 Å². The molecule has 0 bridgehead atoms. The maximum absolute atomic E-state index is 2.23. The molecule has 0 saturated carbocycles. The third kappa shape index (κ3) is 2.11. The van der Waals surface area contributed by atoms with E-state index in [-0.39, 0.29) is 0 Å². The highest BCUT2D eigenvalue weighted by Gasteiger charge is 2.14. The van der Waals surface area contributed by atoms with E-state index in [1.165, 1.54) is 17.3 Å². The zero-order valence-electron chi connectivity index (χ0n) is 4.92. The lowest BCUT2D eigenvalue weighted by Gasteiger charge is -2.01. The second-order valence-electron chi connectivity index (χ2n) is 1.65. The lowest BCUT2D eigenvalue weighted by molar-refractivity contribution is 1.17. The van der Waals surface area contributed by atoms with Crippen molar-refractivity contribution in [3.05, 3.63) is 0 Å². The third-order valence-electron chi connectivity index (χ3n) is 0.994. The van der Waals surface area contributed by atoms with E-state index in [1.807, 2.05) is 21.6 Å². The van der Waals surface area contributed by atoms with Crippen molar-refractivity contribution in [2.24, 2.45) is 0 Å². The molecule has 0 atom stereocenters. The molecule has 0 amide bonds.